The first-order valence-corrected chi connectivity index (χ1v) is 9.81. The minimum atomic E-state index is -1.70. The van der Waals surface area contributed by atoms with Crippen molar-refractivity contribution in [2.24, 2.45) is 0 Å². The molecule has 0 aliphatic rings. The third-order valence-electron chi connectivity index (χ3n) is 4.18. The molecule has 3 atom stereocenters. The van der Waals surface area contributed by atoms with E-state index < -0.39 is 48.4 Å². The van der Waals surface area contributed by atoms with Crippen molar-refractivity contribution in [3.8, 4) is 0 Å². The van der Waals surface area contributed by atoms with Gasteiger partial charge in [0.15, 0.2) is 0 Å². The van der Waals surface area contributed by atoms with Crippen molar-refractivity contribution in [3.63, 3.8) is 0 Å². The molecular weight excluding hydrogens is 438 g/mol. The third-order valence-corrected chi connectivity index (χ3v) is 4.18. The van der Waals surface area contributed by atoms with Gasteiger partial charge in [0.2, 0.25) is 0 Å². The van der Waals surface area contributed by atoms with E-state index in [0.29, 0.717) is 0 Å². The molecule has 32 heavy (non-hydrogen) atoms. The first-order chi connectivity index (χ1) is 15.0. The van der Waals surface area contributed by atoms with Crippen LogP contribution in [0.15, 0.2) is 0 Å². The lowest BCUT2D eigenvalue weighted by Gasteiger charge is -2.36. The second-order valence-corrected chi connectivity index (χ2v) is 7.06. The Kier molecular flexibility index (Phi) is 15.7. The van der Waals surface area contributed by atoms with Crippen LogP contribution in [0, 0.1) is 0 Å². The smallest absolute Gasteiger partial charge is 0.305 e. The van der Waals surface area contributed by atoms with Crippen LogP contribution in [0.3, 0.4) is 0 Å². The van der Waals surface area contributed by atoms with Gasteiger partial charge < -0.3 is 55.3 Å². The van der Waals surface area contributed by atoms with Gasteiger partial charge in [-0.3, -0.25) is 14.4 Å². The number of β-amino-alcohol motifs (C(OH)–C–C–N with tert-alkyl or cyclic N) is 1. The highest BCUT2D eigenvalue weighted by atomic mass is 16.5. The minimum absolute atomic E-state index is 0.183. The molecule has 0 saturated carbocycles. The summed E-state index contributed by atoms with van der Waals surface area (Å²) in [7, 11) is 0. The average Bonchev–Trinajstić information content (AvgIpc) is 2.73. The number of hydrogen-bond donors (Lipinski definition) is 8. The largest absolute Gasteiger partial charge is 0.481 e. The van der Waals surface area contributed by atoms with Gasteiger partial charge in [0.05, 0.1) is 77.2 Å². The summed E-state index contributed by atoms with van der Waals surface area (Å²) in [5.74, 6) is -3.30. The molecule has 0 bridgehead atoms. The lowest BCUT2D eigenvalue weighted by molar-refractivity contribution is -0.139. The molecule has 14 nitrogen and oxygen atoms in total. The third kappa shape index (κ3) is 14.2. The van der Waals surface area contributed by atoms with Crippen molar-refractivity contribution in [1.82, 2.24) is 5.32 Å². The highest BCUT2D eigenvalue weighted by Crippen LogP contribution is 2.12. The number of aliphatic hydroxyl groups excluding tert-OH is 4. The van der Waals surface area contributed by atoms with Crippen LogP contribution < -0.4 is 5.32 Å². The molecule has 0 aliphatic heterocycles. The zero-order valence-electron chi connectivity index (χ0n) is 17.6. The number of nitrogens with one attached hydrogen (secondary N) is 1. The molecule has 0 aromatic heterocycles. The number of aliphatic hydroxyl groups is 4. The molecule has 0 heterocycles. The molecule has 14 heteroatoms. The Bertz CT molecular complexity index is 504. The topological polar surface area (TPSA) is 233 Å². The Morgan fingerprint density at radius 1 is 0.719 bits per heavy atom. The fraction of sp³-hybridized carbons (Fsp3) is 0.833. The van der Waals surface area contributed by atoms with Crippen LogP contribution in [0.2, 0.25) is 0 Å². The Balaban J connectivity index is 5.27. The molecule has 0 radical (unpaired) electrons. The number of carbonyl (C=O) groups is 3. The molecule has 3 unspecified atom stereocenters. The molecule has 0 aromatic carbocycles. The minimum Gasteiger partial charge on any atom is -0.481 e. The molecule has 0 saturated heterocycles. The van der Waals surface area contributed by atoms with E-state index in [0.717, 1.165) is 0 Å². The van der Waals surface area contributed by atoms with Gasteiger partial charge in [0.25, 0.3) is 0 Å². The number of hydrogen-bond acceptors (Lipinski definition) is 11. The summed E-state index contributed by atoms with van der Waals surface area (Å²) in [5, 5.41) is 67.3. The summed E-state index contributed by atoms with van der Waals surface area (Å²) < 4.78 is 16.1. The number of rotatable bonds is 21. The number of carboxylic acids is 3. The van der Waals surface area contributed by atoms with Gasteiger partial charge >= 0.3 is 17.9 Å². The van der Waals surface area contributed by atoms with Gasteiger partial charge in [0, 0.05) is 6.54 Å². The van der Waals surface area contributed by atoms with Crippen molar-refractivity contribution in [2.45, 2.75) is 43.1 Å². The predicted molar refractivity (Wildman–Crippen MR) is 105 cm³/mol. The Labute approximate surface area is 184 Å². The fourth-order valence-electron chi connectivity index (χ4n) is 2.37. The van der Waals surface area contributed by atoms with Crippen LogP contribution >= 0.6 is 0 Å². The van der Waals surface area contributed by atoms with Crippen molar-refractivity contribution >= 4 is 17.9 Å². The summed E-state index contributed by atoms with van der Waals surface area (Å²) in [6, 6.07) is 0. The van der Waals surface area contributed by atoms with E-state index in [2.05, 4.69) is 5.32 Å². The molecule has 0 aromatic rings. The van der Waals surface area contributed by atoms with E-state index in [4.69, 9.17) is 34.6 Å². The SMILES string of the molecule is O=C(O)CCOCC(COCCC(=O)O)(COCCC(=O)O)NCC(O)C(O)C(O)CO. The molecule has 0 fully saturated rings. The molecule has 0 amide bonds. The predicted octanol–water partition coefficient (Wildman–Crippen LogP) is -3.14. The van der Waals surface area contributed by atoms with Crippen molar-refractivity contribution in [1.29, 1.82) is 0 Å². The highest BCUT2D eigenvalue weighted by molar-refractivity contribution is 5.67. The quantitative estimate of drug-likeness (QED) is 0.0773. The Morgan fingerprint density at radius 3 is 1.41 bits per heavy atom. The van der Waals surface area contributed by atoms with E-state index >= 15 is 0 Å². The van der Waals surface area contributed by atoms with Gasteiger partial charge in [-0.2, -0.15) is 0 Å². The van der Waals surface area contributed by atoms with Crippen molar-refractivity contribution < 1.29 is 64.3 Å². The second kappa shape index (κ2) is 16.7. The normalized spacial score (nSPS) is 14.6. The van der Waals surface area contributed by atoms with E-state index in [-0.39, 0.29) is 65.4 Å². The average molecular weight is 471 g/mol. The molecule has 0 aliphatic carbocycles. The Hall–Kier alpha value is -1.91. The zero-order valence-corrected chi connectivity index (χ0v) is 17.6. The van der Waals surface area contributed by atoms with E-state index in [1.165, 1.54) is 0 Å². The summed E-state index contributed by atoms with van der Waals surface area (Å²) in [4.78, 5) is 32.1. The van der Waals surface area contributed by atoms with Crippen LogP contribution in [0.1, 0.15) is 19.3 Å². The van der Waals surface area contributed by atoms with E-state index in [1.807, 2.05) is 0 Å². The molecule has 0 rings (SSSR count). The van der Waals surface area contributed by atoms with Crippen molar-refractivity contribution in [2.75, 3.05) is 52.8 Å². The monoisotopic (exact) mass is 471 g/mol. The number of ether oxygens (including phenoxy) is 3. The summed E-state index contributed by atoms with van der Waals surface area (Å²) in [5.41, 5.74) is -1.29. The maximum absolute atomic E-state index is 10.7. The molecule has 188 valence electrons. The zero-order chi connectivity index (χ0) is 24.6. The second-order valence-electron chi connectivity index (χ2n) is 7.06. The molecular formula is C18H33NO13. The molecule has 8 N–H and O–H groups in total. The van der Waals surface area contributed by atoms with Crippen LogP contribution in [0.25, 0.3) is 0 Å². The van der Waals surface area contributed by atoms with Gasteiger partial charge in [-0.25, -0.2) is 0 Å². The van der Waals surface area contributed by atoms with Crippen LogP contribution in [0.4, 0.5) is 0 Å². The lowest BCUT2D eigenvalue weighted by Crippen LogP contribution is -2.60. The maximum Gasteiger partial charge on any atom is 0.305 e. The summed E-state index contributed by atoms with van der Waals surface area (Å²) in [6.45, 7) is -2.39. The first-order valence-electron chi connectivity index (χ1n) is 9.81. The van der Waals surface area contributed by atoms with Crippen molar-refractivity contribution in [3.05, 3.63) is 0 Å². The van der Waals surface area contributed by atoms with E-state index in [9.17, 15) is 29.7 Å². The maximum atomic E-state index is 10.7. The summed E-state index contributed by atoms with van der Waals surface area (Å²) >= 11 is 0. The van der Waals surface area contributed by atoms with Gasteiger partial charge in [-0.1, -0.05) is 0 Å². The summed E-state index contributed by atoms with van der Waals surface area (Å²) in [6.07, 6.45) is -5.77. The van der Waals surface area contributed by atoms with Gasteiger partial charge in [-0.15, -0.1) is 0 Å². The number of aliphatic carboxylic acids is 3. The highest BCUT2D eigenvalue weighted by Gasteiger charge is 2.34. The van der Waals surface area contributed by atoms with Gasteiger partial charge in [-0.05, 0) is 0 Å². The fourth-order valence-corrected chi connectivity index (χ4v) is 2.37. The van der Waals surface area contributed by atoms with Crippen LogP contribution in [-0.4, -0.2) is 130 Å². The Morgan fingerprint density at radius 2 is 1.09 bits per heavy atom. The van der Waals surface area contributed by atoms with Crippen LogP contribution in [0.5, 0.6) is 0 Å². The lowest BCUT2D eigenvalue weighted by atomic mass is 10.0. The standard InChI is InChI=1S/C18H33NO13/c20-8-13(22)17(29)12(21)7-19-18(9-30-4-1-14(23)24,10-31-5-2-15(25)26)11-32-6-3-16(27)28/h12-13,17,19-22,29H,1-11H2,(H,23,24)(H,25,26)(H,27,28). The van der Waals surface area contributed by atoms with Gasteiger partial charge in [0.1, 0.15) is 12.2 Å². The first kappa shape index (κ1) is 30.1. The molecule has 0 spiro atoms. The van der Waals surface area contributed by atoms with Crippen LogP contribution in [-0.2, 0) is 28.6 Å². The van der Waals surface area contributed by atoms with E-state index in [1.54, 1.807) is 0 Å². The number of carboxylic acid groups (broad SMARTS) is 3.